The van der Waals surface area contributed by atoms with Gasteiger partial charge >= 0.3 is 5.97 Å². The summed E-state index contributed by atoms with van der Waals surface area (Å²) in [6.07, 6.45) is 0. The summed E-state index contributed by atoms with van der Waals surface area (Å²) in [6, 6.07) is 1.53. The van der Waals surface area contributed by atoms with Crippen molar-refractivity contribution in [3.8, 4) is 0 Å². The zero-order valence-corrected chi connectivity index (χ0v) is 13.1. The summed E-state index contributed by atoms with van der Waals surface area (Å²) < 4.78 is 39.8. The van der Waals surface area contributed by atoms with Gasteiger partial charge in [-0.1, -0.05) is 18.5 Å². The number of benzene rings is 1. The van der Waals surface area contributed by atoms with Crippen LogP contribution in [0, 0.1) is 5.82 Å². The lowest BCUT2D eigenvalue weighted by Crippen LogP contribution is -2.33. The molecule has 0 saturated heterocycles. The molecule has 2 N–H and O–H groups in total. The Morgan fingerprint density at radius 2 is 2.10 bits per heavy atom. The quantitative estimate of drug-likeness (QED) is 0.785. The normalized spacial score (nSPS) is 11.9. The first-order valence-corrected chi connectivity index (χ1v) is 7.95. The summed E-state index contributed by atoms with van der Waals surface area (Å²) in [7, 11) is -2.18. The van der Waals surface area contributed by atoms with Crippen LogP contribution in [-0.4, -0.2) is 51.1 Å². The molecule has 0 atom stereocenters. The Morgan fingerprint density at radius 1 is 1.48 bits per heavy atom. The minimum absolute atomic E-state index is 0.124. The van der Waals surface area contributed by atoms with Gasteiger partial charge in [-0.3, -0.25) is 0 Å². The van der Waals surface area contributed by atoms with Crippen LogP contribution in [0.25, 0.3) is 0 Å². The molecule has 0 aromatic heterocycles. The lowest BCUT2D eigenvalue weighted by atomic mass is 10.2. The number of halogens is 2. The summed E-state index contributed by atoms with van der Waals surface area (Å²) in [4.78, 5) is 12.3. The second-order valence-corrected chi connectivity index (χ2v) is 6.51. The lowest BCUT2D eigenvalue weighted by Gasteiger charge is -2.14. The van der Waals surface area contributed by atoms with Gasteiger partial charge in [-0.15, -0.1) is 0 Å². The fraction of sp³-hybridized carbons (Fsp3) is 0.417. The second kappa shape index (κ2) is 7.17. The largest absolute Gasteiger partial charge is 0.478 e. The van der Waals surface area contributed by atoms with E-state index >= 15 is 0 Å². The van der Waals surface area contributed by atoms with Gasteiger partial charge in [0, 0.05) is 13.1 Å². The number of carboxylic acid groups (broad SMARTS) is 1. The van der Waals surface area contributed by atoms with Crippen LogP contribution in [0.15, 0.2) is 17.0 Å². The molecule has 0 radical (unpaired) electrons. The molecule has 1 aromatic carbocycles. The first kappa shape index (κ1) is 17.8. The maximum atomic E-state index is 13.5. The lowest BCUT2D eigenvalue weighted by molar-refractivity contribution is 0.0696. The van der Waals surface area contributed by atoms with Gasteiger partial charge in [0.2, 0.25) is 10.0 Å². The molecule has 6 nitrogen and oxygen atoms in total. The van der Waals surface area contributed by atoms with Crippen molar-refractivity contribution in [1.29, 1.82) is 0 Å². The molecule has 1 rings (SSSR count). The van der Waals surface area contributed by atoms with Crippen LogP contribution in [0.5, 0.6) is 0 Å². The van der Waals surface area contributed by atoms with E-state index in [-0.39, 0.29) is 6.54 Å². The highest BCUT2D eigenvalue weighted by atomic mass is 35.5. The van der Waals surface area contributed by atoms with Crippen molar-refractivity contribution in [3.05, 3.63) is 28.5 Å². The van der Waals surface area contributed by atoms with Crippen molar-refractivity contribution >= 4 is 27.6 Å². The number of nitrogens with one attached hydrogen (secondary N) is 1. The zero-order valence-electron chi connectivity index (χ0n) is 11.6. The number of hydrogen-bond acceptors (Lipinski definition) is 4. The number of rotatable bonds is 7. The average Bonchev–Trinajstić information content (AvgIpc) is 2.40. The van der Waals surface area contributed by atoms with E-state index in [2.05, 4.69) is 4.72 Å². The van der Waals surface area contributed by atoms with Crippen molar-refractivity contribution in [2.75, 3.05) is 26.7 Å². The van der Waals surface area contributed by atoms with Crippen LogP contribution in [0.4, 0.5) is 4.39 Å². The van der Waals surface area contributed by atoms with Crippen LogP contribution in [0.1, 0.15) is 17.3 Å². The molecule has 0 fully saturated rings. The van der Waals surface area contributed by atoms with E-state index in [0.29, 0.717) is 12.6 Å². The Hall–Kier alpha value is -1.22. The van der Waals surface area contributed by atoms with Gasteiger partial charge in [-0.05, 0) is 25.7 Å². The number of aromatic carboxylic acids is 1. The van der Waals surface area contributed by atoms with Gasteiger partial charge < -0.3 is 10.0 Å². The average molecular weight is 339 g/mol. The maximum absolute atomic E-state index is 13.5. The Morgan fingerprint density at radius 3 is 2.62 bits per heavy atom. The predicted molar refractivity (Wildman–Crippen MR) is 76.7 cm³/mol. The Balaban J connectivity index is 3.01. The van der Waals surface area contributed by atoms with E-state index in [1.54, 1.807) is 0 Å². The molecule has 0 heterocycles. The third-order valence-electron chi connectivity index (χ3n) is 2.87. The van der Waals surface area contributed by atoms with E-state index in [0.717, 1.165) is 12.6 Å². The van der Waals surface area contributed by atoms with Crippen LogP contribution in [0.3, 0.4) is 0 Å². The van der Waals surface area contributed by atoms with E-state index < -0.39 is 37.3 Å². The van der Waals surface area contributed by atoms with Gasteiger partial charge in [0.05, 0.1) is 15.5 Å². The van der Waals surface area contributed by atoms with Gasteiger partial charge in [0.25, 0.3) is 0 Å². The molecule has 9 heteroatoms. The SMILES string of the molecule is CCN(C)CCNS(=O)(=O)c1cc(F)c(Cl)c(C(=O)O)c1. The number of sulfonamides is 1. The van der Waals surface area contributed by atoms with Crippen LogP contribution in [-0.2, 0) is 10.0 Å². The molecular weight excluding hydrogens is 323 g/mol. The smallest absolute Gasteiger partial charge is 0.337 e. The summed E-state index contributed by atoms with van der Waals surface area (Å²) in [6.45, 7) is 3.26. The molecule has 0 saturated carbocycles. The first-order valence-electron chi connectivity index (χ1n) is 6.09. The highest BCUT2D eigenvalue weighted by Gasteiger charge is 2.21. The molecule has 0 aliphatic rings. The molecule has 0 bridgehead atoms. The van der Waals surface area contributed by atoms with Crippen LogP contribution in [0.2, 0.25) is 5.02 Å². The van der Waals surface area contributed by atoms with Crippen molar-refractivity contribution in [1.82, 2.24) is 9.62 Å². The standard InChI is InChI=1S/C12H16ClFN2O4S/c1-3-16(2)5-4-15-21(19,20)8-6-9(12(17)18)11(13)10(14)7-8/h6-7,15H,3-5H2,1-2H3,(H,17,18). The highest BCUT2D eigenvalue weighted by molar-refractivity contribution is 7.89. The number of hydrogen-bond donors (Lipinski definition) is 2. The Labute approximate surface area is 127 Å². The monoisotopic (exact) mass is 338 g/mol. The fourth-order valence-corrected chi connectivity index (χ4v) is 2.74. The van der Waals surface area contributed by atoms with E-state index in [1.807, 2.05) is 18.9 Å². The number of carboxylic acids is 1. The molecule has 0 aliphatic carbocycles. The first-order chi connectivity index (χ1) is 9.69. The van der Waals surface area contributed by atoms with E-state index in [1.165, 1.54) is 0 Å². The molecule has 0 spiro atoms. The van der Waals surface area contributed by atoms with Crippen molar-refractivity contribution in [2.24, 2.45) is 0 Å². The van der Waals surface area contributed by atoms with Gasteiger partial charge in [0.15, 0.2) is 0 Å². The molecule has 118 valence electrons. The van der Waals surface area contributed by atoms with E-state index in [4.69, 9.17) is 16.7 Å². The second-order valence-electron chi connectivity index (χ2n) is 4.37. The molecule has 21 heavy (non-hydrogen) atoms. The maximum Gasteiger partial charge on any atom is 0.337 e. The zero-order chi connectivity index (χ0) is 16.2. The molecule has 0 amide bonds. The van der Waals surface area contributed by atoms with Crippen molar-refractivity contribution in [3.63, 3.8) is 0 Å². The molecule has 0 aliphatic heterocycles. The molecular formula is C12H16ClFN2O4S. The fourth-order valence-electron chi connectivity index (χ4n) is 1.49. The van der Waals surface area contributed by atoms with Gasteiger partial charge in [0.1, 0.15) is 5.82 Å². The topological polar surface area (TPSA) is 86.7 Å². The molecule has 0 unspecified atom stereocenters. The Bertz CT molecular complexity index is 636. The minimum Gasteiger partial charge on any atom is -0.478 e. The van der Waals surface area contributed by atoms with Gasteiger partial charge in [-0.25, -0.2) is 22.3 Å². The van der Waals surface area contributed by atoms with E-state index in [9.17, 15) is 17.6 Å². The van der Waals surface area contributed by atoms with Crippen LogP contribution >= 0.6 is 11.6 Å². The Kier molecular flexibility index (Phi) is 6.09. The number of nitrogens with zero attached hydrogens (tertiary/aromatic N) is 1. The third-order valence-corrected chi connectivity index (χ3v) is 4.69. The highest BCUT2D eigenvalue weighted by Crippen LogP contribution is 2.24. The van der Waals surface area contributed by atoms with Crippen molar-refractivity contribution in [2.45, 2.75) is 11.8 Å². The summed E-state index contributed by atoms with van der Waals surface area (Å²) >= 11 is 5.50. The summed E-state index contributed by atoms with van der Waals surface area (Å²) in [5.41, 5.74) is -0.595. The number of carbonyl (C=O) groups is 1. The van der Waals surface area contributed by atoms with Crippen molar-refractivity contribution < 1.29 is 22.7 Å². The molecule has 1 aromatic rings. The summed E-state index contributed by atoms with van der Waals surface area (Å²) in [5.74, 6) is -2.59. The van der Waals surface area contributed by atoms with Gasteiger partial charge in [-0.2, -0.15) is 0 Å². The minimum atomic E-state index is -4.00. The third kappa shape index (κ3) is 4.63. The predicted octanol–water partition coefficient (Wildman–Crippen LogP) is 1.41. The van der Waals surface area contributed by atoms with Crippen LogP contribution < -0.4 is 4.72 Å². The summed E-state index contributed by atoms with van der Waals surface area (Å²) in [5, 5.41) is 8.27. The number of likely N-dealkylation sites (N-methyl/N-ethyl adjacent to an activating group) is 1.